The summed E-state index contributed by atoms with van der Waals surface area (Å²) in [4.78, 5) is 28.5. The van der Waals surface area contributed by atoms with Gasteiger partial charge in [-0.25, -0.2) is 8.78 Å². The van der Waals surface area contributed by atoms with E-state index in [1.54, 1.807) is 4.90 Å². The van der Waals surface area contributed by atoms with Crippen LogP contribution < -0.4 is 0 Å². The SMILES string of the molecule is O=C(c1ccsc1)N1CCOC2(CCN(C(=O)C3CC(F)(F)C3)CC2)C1. The molecule has 1 spiro atoms. The van der Waals surface area contributed by atoms with E-state index in [0.717, 1.165) is 0 Å². The summed E-state index contributed by atoms with van der Waals surface area (Å²) in [6.45, 7) is 2.57. The predicted molar refractivity (Wildman–Crippen MR) is 92.4 cm³/mol. The number of carbonyl (C=O) groups excluding carboxylic acids is 2. The van der Waals surface area contributed by atoms with Gasteiger partial charge in [0.05, 0.1) is 24.3 Å². The van der Waals surface area contributed by atoms with Crippen molar-refractivity contribution in [2.45, 2.75) is 37.2 Å². The minimum atomic E-state index is -2.67. The van der Waals surface area contributed by atoms with E-state index < -0.39 is 17.4 Å². The summed E-state index contributed by atoms with van der Waals surface area (Å²) in [5.41, 5.74) is 0.273. The van der Waals surface area contributed by atoms with Crippen molar-refractivity contribution in [2.24, 2.45) is 5.92 Å². The molecule has 1 aromatic heterocycles. The van der Waals surface area contributed by atoms with Crippen LogP contribution in [0, 0.1) is 5.92 Å². The third kappa shape index (κ3) is 3.36. The first-order valence-corrected chi connectivity index (χ1v) is 9.94. The molecule has 26 heavy (non-hydrogen) atoms. The van der Waals surface area contributed by atoms with Gasteiger partial charge in [0.25, 0.3) is 5.91 Å². The van der Waals surface area contributed by atoms with Crippen LogP contribution in [0.2, 0.25) is 0 Å². The lowest BCUT2D eigenvalue weighted by atomic mass is 9.79. The number of hydrogen-bond donors (Lipinski definition) is 0. The Bertz CT molecular complexity index is 679. The Morgan fingerprint density at radius 2 is 1.88 bits per heavy atom. The number of nitrogens with zero attached hydrogens (tertiary/aromatic N) is 2. The van der Waals surface area contributed by atoms with E-state index in [-0.39, 0.29) is 24.7 Å². The molecule has 1 aliphatic carbocycles. The van der Waals surface area contributed by atoms with Gasteiger partial charge in [0.2, 0.25) is 11.8 Å². The Hall–Kier alpha value is -1.54. The fourth-order valence-corrected chi connectivity index (χ4v) is 4.75. The molecule has 142 valence electrons. The molecular weight excluding hydrogens is 362 g/mol. The maximum Gasteiger partial charge on any atom is 0.254 e. The minimum absolute atomic E-state index is 0.0177. The molecule has 2 aliphatic heterocycles. The molecule has 5 nitrogen and oxygen atoms in total. The van der Waals surface area contributed by atoms with Gasteiger partial charge in [-0.05, 0) is 24.3 Å². The third-order valence-corrected chi connectivity index (χ3v) is 6.41. The van der Waals surface area contributed by atoms with Gasteiger partial charge in [0, 0.05) is 43.8 Å². The highest BCUT2D eigenvalue weighted by atomic mass is 32.1. The van der Waals surface area contributed by atoms with Gasteiger partial charge in [-0.1, -0.05) is 0 Å². The number of amides is 2. The van der Waals surface area contributed by atoms with Crippen molar-refractivity contribution in [2.75, 3.05) is 32.8 Å². The molecule has 3 fully saturated rings. The fraction of sp³-hybridized carbons (Fsp3) is 0.667. The van der Waals surface area contributed by atoms with Gasteiger partial charge in [0.1, 0.15) is 0 Å². The molecule has 0 unspecified atom stereocenters. The van der Waals surface area contributed by atoms with Crippen LogP contribution in [0.1, 0.15) is 36.0 Å². The van der Waals surface area contributed by atoms with E-state index in [9.17, 15) is 18.4 Å². The molecule has 0 atom stereocenters. The molecule has 1 saturated carbocycles. The summed E-state index contributed by atoms with van der Waals surface area (Å²) >= 11 is 1.50. The van der Waals surface area contributed by atoms with Crippen LogP contribution in [0.15, 0.2) is 16.8 Å². The Kier molecular flexibility index (Phi) is 4.51. The molecule has 0 N–H and O–H groups in total. The van der Waals surface area contributed by atoms with Crippen molar-refractivity contribution in [3.05, 3.63) is 22.4 Å². The number of hydrogen-bond acceptors (Lipinski definition) is 4. The normalized spacial score (nSPS) is 25.2. The zero-order chi connectivity index (χ0) is 18.4. The number of ether oxygens (including phenoxy) is 1. The van der Waals surface area contributed by atoms with Crippen molar-refractivity contribution in [1.29, 1.82) is 0 Å². The van der Waals surface area contributed by atoms with E-state index >= 15 is 0 Å². The van der Waals surface area contributed by atoms with Crippen molar-refractivity contribution >= 4 is 23.2 Å². The van der Waals surface area contributed by atoms with E-state index in [4.69, 9.17) is 4.74 Å². The second-order valence-corrected chi connectivity index (χ2v) is 8.34. The molecule has 2 saturated heterocycles. The molecule has 3 heterocycles. The van der Waals surface area contributed by atoms with Gasteiger partial charge in [0.15, 0.2) is 0 Å². The number of piperidine rings is 1. The number of halogens is 2. The van der Waals surface area contributed by atoms with Crippen molar-refractivity contribution < 1.29 is 23.1 Å². The van der Waals surface area contributed by atoms with Crippen LogP contribution in [-0.2, 0) is 9.53 Å². The maximum absolute atomic E-state index is 13.0. The molecule has 0 radical (unpaired) electrons. The third-order valence-electron chi connectivity index (χ3n) is 5.73. The molecule has 3 aliphatic rings. The topological polar surface area (TPSA) is 49.9 Å². The second-order valence-electron chi connectivity index (χ2n) is 7.56. The molecule has 0 aromatic carbocycles. The number of alkyl halides is 2. The lowest BCUT2D eigenvalue weighted by molar-refractivity contribution is -0.168. The highest BCUT2D eigenvalue weighted by Gasteiger charge is 2.51. The van der Waals surface area contributed by atoms with Gasteiger partial charge < -0.3 is 14.5 Å². The Morgan fingerprint density at radius 3 is 2.50 bits per heavy atom. The summed E-state index contributed by atoms with van der Waals surface area (Å²) in [5, 5.41) is 3.73. The Balaban J connectivity index is 1.34. The standard InChI is InChI=1S/C18H22F2N2O3S/c19-18(20)9-14(10-18)16(24)21-4-2-17(3-5-21)12-22(6-7-25-17)15(23)13-1-8-26-11-13/h1,8,11,14H,2-7,9-10,12H2. The first-order chi connectivity index (χ1) is 12.4. The van der Waals surface area contributed by atoms with Crippen LogP contribution in [0.3, 0.4) is 0 Å². The van der Waals surface area contributed by atoms with Gasteiger partial charge in [-0.3, -0.25) is 9.59 Å². The molecule has 2 amide bonds. The van der Waals surface area contributed by atoms with Crippen molar-refractivity contribution in [1.82, 2.24) is 9.80 Å². The van der Waals surface area contributed by atoms with Gasteiger partial charge in [-0.2, -0.15) is 11.3 Å². The lowest BCUT2D eigenvalue weighted by Gasteiger charge is -2.48. The molecule has 4 rings (SSSR count). The number of carbonyl (C=O) groups is 2. The fourth-order valence-electron chi connectivity index (χ4n) is 4.12. The molecule has 0 bridgehead atoms. The first-order valence-electron chi connectivity index (χ1n) is 9.00. The monoisotopic (exact) mass is 384 g/mol. The quantitative estimate of drug-likeness (QED) is 0.788. The predicted octanol–water partition coefficient (Wildman–Crippen LogP) is 2.63. The average molecular weight is 384 g/mol. The van der Waals surface area contributed by atoms with Crippen LogP contribution in [0.5, 0.6) is 0 Å². The number of morpholine rings is 1. The van der Waals surface area contributed by atoms with E-state index in [2.05, 4.69) is 0 Å². The summed E-state index contributed by atoms with van der Waals surface area (Å²) in [5.74, 6) is -3.35. The number of likely N-dealkylation sites (tertiary alicyclic amines) is 1. The minimum Gasteiger partial charge on any atom is -0.371 e. The highest BCUT2D eigenvalue weighted by molar-refractivity contribution is 7.08. The first kappa shape index (κ1) is 17.9. The second kappa shape index (κ2) is 6.56. The van der Waals surface area contributed by atoms with Crippen LogP contribution >= 0.6 is 11.3 Å². The van der Waals surface area contributed by atoms with E-state index in [1.165, 1.54) is 11.3 Å². The lowest BCUT2D eigenvalue weighted by Crippen LogP contribution is -2.59. The zero-order valence-electron chi connectivity index (χ0n) is 14.5. The zero-order valence-corrected chi connectivity index (χ0v) is 15.3. The summed E-state index contributed by atoms with van der Waals surface area (Å²) in [7, 11) is 0. The van der Waals surface area contributed by atoms with E-state index in [1.807, 2.05) is 21.7 Å². The molecule has 8 heteroatoms. The largest absolute Gasteiger partial charge is 0.371 e. The van der Waals surface area contributed by atoms with Gasteiger partial charge in [-0.15, -0.1) is 0 Å². The Morgan fingerprint density at radius 1 is 1.15 bits per heavy atom. The summed E-state index contributed by atoms with van der Waals surface area (Å²) in [6, 6.07) is 1.82. The van der Waals surface area contributed by atoms with Crippen molar-refractivity contribution in [3.8, 4) is 0 Å². The van der Waals surface area contributed by atoms with Crippen LogP contribution in [-0.4, -0.2) is 65.9 Å². The summed E-state index contributed by atoms with van der Waals surface area (Å²) < 4.78 is 32.0. The molecular formula is C18H22F2N2O3S. The smallest absolute Gasteiger partial charge is 0.254 e. The van der Waals surface area contributed by atoms with Crippen LogP contribution in [0.25, 0.3) is 0 Å². The Labute approximate surface area is 154 Å². The average Bonchev–Trinajstić information content (AvgIpc) is 3.14. The van der Waals surface area contributed by atoms with E-state index in [0.29, 0.717) is 51.2 Å². The van der Waals surface area contributed by atoms with Crippen molar-refractivity contribution in [3.63, 3.8) is 0 Å². The molecule has 1 aromatic rings. The van der Waals surface area contributed by atoms with Crippen LogP contribution in [0.4, 0.5) is 8.78 Å². The number of thiophene rings is 1. The van der Waals surface area contributed by atoms with Gasteiger partial charge >= 0.3 is 0 Å². The number of rotatable bonds is 2. The highest BCUT2D eigenvalue weighted by Crippen LogP contribution is 2.44. The maximum atomic E-state index is 13.0. The summed E-state index contributed by atoms with van der Waals surface area (Å²) in [6.07, 6.45) is 0.615.